The molecule has 2 aromatic carbocycles. The molecule has 7 heteroatoms. The number of benzene rings is 2. The van der Waals surface area contributed by atoms with Gasteiger partial charge in [0.05, 0.1) is 18.5 Å². The molecule has 134 valence electrons. The smallest absolute Gasteiger partial charge is 0.273 e. The molecule has 0 fully saturated rings. The monoisotopic (exact) mass is 354 g/mol. The number of hydrogen-bond acceptors (Lipinski definition) is 4. The topological polar surface area (TPSA) is 69.0 Å². The van der Waals surface area contributed by atoms with E-state index in [-0.39, 0.29) is 17.4 Å². The van der Waals surface area contributed by atoms with Crippen LogP contribution in [-0.2, 0) is 6.54 Å². The zero-order chi connectivity index (χ0) is 18.5. The molecule has 0 aliphatic rings. The van der Waals surface area contributed by atoms with Gasteiger partial charge in [0.15, 0.2) is 5.69 Å². The normalized spacial score (nSPS) is 10.6. The molecular formula is C19H19FN4O2. The number of hydrogen-bond donors (Lipinski definition) is 1. The fourth-order valence-corrected chi connectivity index (χ4v) is 2.45. The zero-order valence-electron chi connectivity index (χ0n) is 14.6. The summed E-state index contributed by atoms with van der Waals surface area (Å²) < 4.78 is 20.3. The van der Waals surface area contributed by atoms with Crippen LogP contribution in [0.1, 0.15) is 28.5 Å². The molecule has 0 aliphatic heterocycles. The second-order valence-electron chi connectivity index (χ2n) is 5.74. The number of halogens is 1. The third-order valence-electron chi connectivity index (χ3n) is 3.79. The summed E-state index contributed by atoms with van der Waals surface area (Å²) in [7, 11) is 0. The van der Waals surface area contributed by atoms with Crippen molar-refractivity contribution in [3.8, 4) is 11.4 Å². The largest absolute Gasteiger partial charge is 0.494 e. The quantitative estimate of drug-likeness (QED) is 0.739. The summed E-state index contributed by atoms with van der Waals surface area (Å²) in [6.45, 7) is 4.52. The number of amides is 1. The van der Waals surface area contributed by atoms with Crippen molar-refractivity contribution in [3.05, 3.63) is 71.3 Å². The minimum atomic E-state index is -0.336. The maximum atomic E-state index is 13.4. The summed E-state index contributed by atoms with van der Waals surface area (Å²) >= 11 is 0. The summed E-state index contributed by atoms with van der Waals surface area (Å²) in [5.74, 6) is 0.134. The Hall–Kier alpha value is -3.22. The molecule has 3 aromatic rings. The lowest BCUT2D eigenvalue weighted by Crippen LogP contribution is -2.23. The molecule has 1 N–H and O–H groups in total. The van der Waals surface area contributed by atoms with E-state index in [1.165, 1.54) is 16.9 Å². The zero-order valence-corrected chi connectivity index (χ0v) is 14.6. The number of aromatic nitrogens is 3. The van der Waals surface area contributed by atoms with Gasteiger partial charge in [0, 0.05) is 6.54 Å². The predicted molar refractivity (Wildman–Crippen MR) is 94.8 cm³/mol. The van der Waals surface area contributed by atoms with Gasteiger partial charge in [-0.3, -0.25) is 4.79 Å². The number of nitrogens with one attached hydrogen (secondary N) is 1. The molecule has 0 saturated heterocycles. The fourth-order valence-electron chi connectivity index (χ4n) is 2.45. The number of ether oxygens (including phenoxy) is 1. The van der Waals surface area contributed by atoms with E-state index < -0.39 is 0 Å². The van der Waals surface area contributed by atoms with Crippen molar-refractivity contribution in [3.63, 3.8) is 0 Å². The van der Waals surface area contributed by atoms with Crippen LogP contribution in [0.2, 0.25) is 0 Å². The number of rotatable bonds is 6. The fraction of sp³-hybridized carbons (Fsp3) is 0.211. The van der Waals surface area contributed by atoms with Crippen LogP contribution in [0.5, 0.6) is 5.75 Å². The highest BCUT2D eigenvalue weighted by molar-refractivity contribution is 5.91. The average molecular weight is 354 g/mol. The van der Waals surface area contributed by atoms with Crippen LogP contribution >= 0.6 is 0 Å². The van der Waals surface area contributed by atoms with Crippen LogP contribution < -0.4 is 10.1 Å². The molecule has 0 radical (unpaired) electrons. The molecule has 0 aliphatic carbocycles. The number of carbonyl (C=O) groups is 1. The summed E-state index contributed by atoms with van der Waals surface area (Å²) in [5.41, 5.74) is 2.25. The number of nitrogens with zero attached hydrogens (tertiary/aromatic N) is 3. The van der Waals surface area contributed by atoms with Crippen molar-refractivity contribution in [2.45, 2.75) is 20.4 Å². The van der Waals surface area contributed by atoms with E-state index in [1.54, 1.807) is 19.1 Å². The van der Waals surface area contributed by atoms with Crippen molar-refractivity contribution in [2.24, 2.45) is 0 Å². The lowest BCUT2D eigenvalue weighted by atomic mass is 10.2. The van der Waals surface area contributed by atoms with Gasteiger partial charge in [-0.15, -0.1) is 5.10 Å². The van der Waals surface area contributed by atoms with Crippen LogP contribution in [0.3, 0.4) is 0 Å². The molecule has 1 aromatic heterocycles. The Bertz CT molecular complexity index is 923. The molecule has 0 atom stereocenters. The average Bonchev–Trinajstić information content (AvgIpc) is 3.13. The summed E-state index contributed by atoms with van der Waals surface area (Å²) in [6.07, 6.45) is 1.51. The Balaban J connectivity index is 1.66. The first-order valence-corrected chi connectivity index (χ1v) is 8.25. The SMILES string of the molecule is CCOc1cccc(CNC(=O)c2cn(-c3ccc(F)c(C)c3)nn2)c1. The maximum absolute atomic E-state index is 13.4. The van der Waals surface area contributed by atoms with E-state index in [0.29, 0.717) is 24.4 Å². The van der Waals surface area contributed by atoms with Crippen molar-refractivity contribution < 1.29 is 13.9 Å². The Kier molecular flexibility index (Phi) is 5.26. The molecule has 0 spiro atoms. The van der Waals surface area contributed by atoms with Gasteiger partial charge in [0.2, 0.25) is 0 Å². The Morgan fingerprint density at radius 3 is 2.88 bits per heavy atom. The molecule has 6 nitrogen and oxygen atoms in total. The van der Waals surface area contributed by atoms with Crippen LogP contribution in [0.25, 0.3) is 5.69 Å². The second kappa shape index (κ2) is 7.77. The molecule has 0 unspecified atom stereocenters. The third-order valence-corrected chi connectivity index (χ3v) is 3.79. The molecule has 3 rings (SSSR count). The van der Waals surface area contributed by atoms with Crippen LogP contribution in [0.4, 0.5) is 4.39 Å². The highest BCUT2D eigenvalue weighted by Crippen LogP contribution is 2.14. The molecule has 0 saturated carbocycles. The Labute approximate surface area is 150 Å². The first-order chi connectivity index (χ1) is 12.6. The third kappa shape index (κ3) is 4.05. The molecule has 0 bridgehead atoms. The number of aryl methyl sites for hydroxylation is 1. The van der Waals surface area contributed by atoms with E-state index in [4.69, 9.17) is 4.74 Å². The second-order valence-corrected chi connectivity index (χ2v) is 5.74. The van der Waals surface area contributed by atoms with Gasteiger partial charge in [-0.25, -0.2) is 9.07 Å². The Morgan fingerprint density at radius 2 is 2.12 bits per heavy atom. The van der Waals surface area contributed by atoms with Gasteiger partial charge < -0.3 is 10.1 Å². The first-order valence-electron chi connectivity index (χ1n) is 8.25. The van der Waals surface area contributed by atoms with Crippen LogP contribution in [0, 0.1) is 12.7 Å². The summed E-state index contributed by atoms with van der Waals surface area (Å²) in [6, 6.07) is 12.1. The Morgan fingerprint density at radius 1 is 1.27 bits per heavy atom. The molecule has 1 amide bonds. The highest BCUT2D eigenvalue weighted by Gasteiger charge is 2.12. The van der Waals surface area contributed by atoms with E-state index in [0.717, 1.165) is 11.3 Å². The van der Waals surface area contributed by atoms with Gasteiger partial charge in [-0.05, 0) is 55.3 Å². The molecule has 26 heavy (non-hydrogen) atoms. The molecule has 1 heterocycles. The first kappa shape index (κ1) is 17.6. The van der Waals surface area contributed by atoms with Crippen molar-refractivity contribution >= 4 is 5.91 Å². The highest BCUT2D eigenvalue weighted by atomic mass is 19.1. The van der Waals surface area contributed by atoms with E-state index in [9.17, 15) is 9.18 Å². The van der Waals surface area contributed by atoms with Gasteiger partial charge in [0.1, 0.15) is 11.6 Å². The van der Waals surface area contributed by atoms with Gasteiger partial charge >= 0.3 is 0 Å². The minimum Gasteiger partial charge on any atom is -0.494 e. The van der Waals surface area contributed by atoms with Crippen LogP contribution in [-0.4, -0.2) is 27.5 Å². The maximum Gasteiger partial charge on any atom is 0.273 e. The lowest BCUT2D eigenvalue weighted by molar-refractivity contribution is 0.0945. The van der Waals surface area contributed by atoms with Crippen molar-refractivity contribution in [1.82, 2.24) is 20.3 Å². The lowest BCUT2D eigenvalue weighted by Gasteiger charge is -2.06. The number of carbonyl (C=O) groups excluding carboxylic acids is 1. The van der Waals surface area contributed by atoms with Gasteiger partial charge in [0.25, 0.3) is 5.91 Å². The summed E-state index contributed by atoms with van der Waals surface area (Å²) in [4.78, 5) is 12.3. The van der Waals surface area contributed by atoms with Gasteiger partial charge in [-0.2, -0.15) is 0 Å². The van der Waals surface area contributed by atoms with Crippen molar-refractivity contribution in [1.29, 1.82) is 0 Å². The predicted octanol–water partition coefficient (Wildman–Crippen LogP) is 3.04. The van der Waals surface area contributed by atoms with Gasteiger partial charge in [-0.1, -0.05) is 17.3 Å². The van der Waals surface area contributed by atoms with E-state index in [1.807, 2.05) is 31.2 Å². The standard InChI is InChI=1S/C19H19FN4O2/c1-3-26-16-6-4-5-14(10-16)11-21-19(25)18-12-24(23-22-18)15-7-8-17(20)13(2)9-15/h4-10,12H,3,11H2,1-2H3,(H,21,25). The van der Waals surface area contributed by atoms with Crippen LogP contribution in [0.15, 0.2) is 48.7 Å². The minimum absolute atomic E-state index is 0.188. The summed E-state index contributed by atoms with van der Waals surface area (Å²) in [5, 5.41) is 10.6. The molecular weight excluding hydrogens is 335 g/mol. The van der Waals surface area contributed by atoms with Crippen molar-refractivity contribution in [2.75, 3.05) is 6.61 Å². The van der Waals surface area contributed by atoms with E-state index in [2.05, 4.69) is 15.6 Å². The van der Waals surface area contributed by atoms with E-state index >= 15 is 0 Å².